The molecule has 1 saturated heterocycles. The van der Waals surface area contributed by atoms with Gasteiger partial charge in [0, 0.05) is 26.3 Å². The molecule has 0 spiro atoms. The maximum atomic E-state index is 9.61. The minimum absolute atomic E-state index is 0.105. The fourth-order valence-corrected chi connectivity index (χ4v) is 1.78. The van der Waals surface area contributed by atoms with Gasteiger partial charge in [0.15, 0.2) is 0 Å². The summed E-state index contributed by atoms with van der Waals surface area (Å²) >= 11 is 0. The van der Waals surface area contributed by atoms with E-state index in [0.717, 1.165) is 18.8 Å². The molecule has 1 fully saturated rings. The number of aromatic nitrogens is 2. The molecule has 1 aliphatic heterocycles. The molecule has 1 aliphatic rings. The highest BCUT2D eigenvalue weighted by molar-refractivity contribution is 5.37. The Hall–Kier alpha value is -1.07. The van der Waals surface area contributed by atoms with E-state index < -0.39 is 0 Å². The summed E-state index contributed by atoms with van der Waals surface area (Å²) in [4.78, 5) is 2.13. The first-order valence-corrected chi connectivity index (χ1v) is 4.76. The van der Waals surface area contributed by atoms with E-state index in [1.165, 1.54) is 0 Å². The molecule has 0 radical (unpaired) electrons. The van der Waals surface area contributed by atoms with E-state index in [2.05, 4.69) is 15.1 Å². The highest BCUT2D eigenvalue weighted by atomic mass is 16.5. The first kappa shape index (κ1) is 9.48. The quantitative estimate of drug-likeness (QED) is 0.700. The maximum Gasteiger partial charge on any atom is 0.124 e. The largest absolute Gasteiger partial charge is 0.390 e. The average molecular weight is 197 g/mol. The normalized spacial score (nSPS) is 28.0. The van der Waals surface area contributed by atoms with Crippen molar-refractivity contribution in [3.05, 3.63) is 12.3 Å². The molecule has 2 rings (SSSR count). The summed E-state index contributed by atoms with van der Waals surface area (Å²) in [5.74, 6) is 0.985. The number of methoxy groups -OCH3 is 1. The van der Waals surface area contributed by atoms with Crippen LogP contribution in [-0.4, -0.2) is 47.7 Å². The van der Waals surface area contributed by atoms with Crippen LogP contribution in [0.1, 0.15) is 6.42 Å². The van der Waals surface area contributed by atoms with E-state index in [4.69, 9.17) is 4.74 Å². The molecule has 1 aromatic rings. The SMILES string of the molecule is COC1CN(c2ccn[nH]2)CCC1O. The van der Waals surface area contributed by atoms with Crippen molar-refractivity contribution in [3.63, 3.8) is 0 Å². The Kier molecular flexibility index (Phi) is 2.69. The van der Waals surface area contributed by atoms with Crippen LogP contribution >= 0.6 is 0 Å². The highest BCUT2D eigenvalue weighted by Crippen LogP contribution is 2.18. The van der Waals surface area contributed by atoms with Crippen LogP contribution in [0.2, 0.25) is 0 Å². The number of rotatable bonds is 2. The van der Waals surface area contributed by atoms with Crippen LogP contribution in [-0.2, 0) is 4.74 Å². The van der Waals surface area contributed by atoms with Gasteiger partial charge in [-0.3, -0.25) is 5.10 Å². The molecule has 2 atom stereocenters. The number of piperidine rings is 1. The molecule has 5 heteroatoms. The van der Waals surface area contributed by atoms with Crippen LogP contribution in [0.15, 0.2) is 12.3 Å². The summed E-state index contributed by atoms with van der Waals surface area (Å²) in [6.07, 6.45) is 2.01. The lowest BCUT2D eigenvalue weighted by atomic mass is 10.1. The van der Waals surface area contributed by atoms with E-state index in [0.29, 0.717) is 6.54 Å². The maximum absolute atomic E-state index is 9.61. The number of H-pyrrole nitrogens is 1. The number of ether oxygens (including phenoxy) is 1. The van der Waals surface area contributed by atoms with Crippen molar-refractivity contribution in [1.29, 1.82) is 0 Å². The van der Waals surface area contributed by atoms with Gasteiger partial charge >= 0.3 is 0 Å². The van der Waals surface area contributed by atoms with Crippen molar-refractivity contribution in [3.8, 4) is 0 Å². The molecular formula is C9H15N3O2. The standard InChI is InChI=1S/C9H15N3O2/c1-14-8-6-12(5-3-7(8)13)9-2-4-10-11-9/h2,4,7-8,13H,3,5-6H2,1H3,(H,10,11). The Morgan fingerprint density at radius 2 is 2.57 bits per heavy atom. The topological polar surface area (TPSA) is 61.4 Å². The van der Waals surface area contributed by atoms with Crippen LogP contribution in [0.3, 0.4) is 0 Å². The van der Waals surface area contributed by atoms with E-state index in [1.807, 2.05) is 6.07 Å². The van der Waals surface area contributed by atoms with Gasteiger partial charge in [-0.25, -0.2) is 0 Å². The second-order valence-corrected chi connectivity index (χ2v) is 3.52. The highest BCUT2D eigenvalue weighted by Gasteiger charge is 2.27. The Morgan fingerprint density at radius 1 is 1.71 bits per heavy atom. The van der Waals surface area contributed by atoms with Crippen LogP contribution < -0.4 is 4.90 Å². The molecule has 2 heterocycles. The average Bonchev–Trinajstić information content (AvgIpc) is 2.71. The third kappa shape index (κ3) is 1.73. The van der Waals surface area contributed by atoms with E-state index in [9.17, 15) is 5.11 Å². The summed E-state index contributed by atoms with van der Waals surface area (Å²) in [6.45, 7) is 1.54. The monoisotopic (exact) mass is 197 g/mol. The van der Waals surface area contributed by atoms with Gasteiger partial charge in [-0.15, -0.1) is 0 Å². The summed E-state index contributed by atoms with van der Waals surface area (Å²) in [5.41, 5.74) is 0. The number of nitrogens with one attached hydrogen (secondary N) is 1. The lowest BCUT2D eigenvalue weighted by Crippen LogP contribution is -2.47. The van der Waals surface area contributed by atoms with E-state index >= 15 is 0 Å². The zero-order chi connectivity index (χ0) is 9.97. The zero-order valence-electron chi connectivity index (χ0n) is 8.18. The molecule has 0 aliphatic carbocycles. The van der Waals surface area contributed by atoms with Crippen molar-refractivity contribution in [1.82, 2.24) is 10.2 Å². The van der Waals surface area contributed by atoms with Crippen molar-refractivity contribution < 1.29 is 9.84 Å². The first-order chi connectivity index (χ1) is 6.81. The Balaban J connectivity index is 2.03. The third-order valence-corrected chi connectivity index (χ3v) is 2.65. The molecule has 5 nitrogen and oxygen atoms in total. The Labute approximate surface area is 82.7 Å². The number of anilines is 1. The summed E-state index contributed by atoms with van der Waals surface area (Å²) < 4.78 is 5.21. The number of aliphatic hydroxyl groups excluding tert-OH is 1. The van der Waals surface area contributed by atoms with Crippen molar-refractivity contribution in [2.75, 3.05) is 25.1 Å². The van der Waals surface area contributed by atoms with E-state index in [-0.39, 0.29) is 12.2 Å². The molecular weight excluding hydrogens is 182 g/mol. The van der Waals surface area contributed by atoms with Gasteiger partial charge in [-0.1, -0.05) is 0 Å². The smallest absolute Gasteiger partial charge is 0.124 e. The zero-order valence-corrected chi connectivity index (χ0v) is 8.18. The van der Waals surface area contributed by atoms with Crippen molar-refractivity contribution >= 4 is 5.82 Å². The molecule has 0 bridgehead atoms. The minimum Gasteiger partial charge on any atom is -0.390 e. The van der Waals surface area contributed by atoms with Gasteiger partial charge in [0.1, 0.15) is 11.9 Å². The molecule has 2 N–H and O–H groups in total. The van der Waals surface area contributed by atoms with Gasteiger partial charge in [-0.2, -0.15) is 5.10 Å². The van der Waals surface area contributed by atoms with Crippen LogP contribution in [0, 0.1) is 0 Å². The summed E-state index contributed by atoms with van der Waals surface area (Å²) in [6, 6.07) is 1.92. The number of aliphatic hydroxyl groups is 1. The Morgan fingerprint density at radius 3 is 3.21 bits per heavy atom. The van der Waals surface area contributed by atoms with Crippen molar-refractivity contribution in [2.45, 2.75) is 18.6 Å². The van der Waals surface area contributed by atoms with Crippen LogP contribution in [0.5, 0.6) is 0 Å². The number of hydrogen-bond donors (Lipinski definition) is 2. The van der Waals surface area contributed by atoms with Gasteiger partial charge < -0.3 is 14.7 Å². The molecule has 14 heavy (non-hydrogen) atoms. The molecule has 2 unspecified atom stereocenters. The van der Waals surface area contributed by atoms with Gasteiger partial charge in [0.2, 0.25) is 0 Å². The second-order valence-electron chi connectivity index (χ2n) is 3.52. The summed E-state index contributed by atoms with van der Waals surface area (Å²) in [7, 11) is 1.63. The van der Waals surface area contributed by atoms with Crippen LogP contribution in [0.4, 0.5) is 5.82 Å². The molecule has 78 valence electrons. The molecule has 1 aromatic heterocycles. The predicted octanol–water partition coefficient (Wildman–Crippen LogP) is -0.00430. The first-order valence-electron chi connectivity index (χ1n) is 4.76. The summed E-state index contributed by atoms with van der Waals surface area (Å²) in [5, 5.41) is 16.4. The van der Waals surface area contributed by atoms with Crippen molar-refractivity contribution in [2.24, 2.45) is 0 Å². The number of aromatic amines is 1. The minimum atomic E-state index is -0.348. The lowest BCUT2D eigenvalue weighted by Gasteiger charge is -2.35. The van der Waals surface area contributed by atoms with Gasteiger partial charge in [0.25, 0.3) is 0 Å². The molecule has 0 amide bonds. The van der Waals surface area contributed by atoms with Gasteiger partial charge in [0.05, 0.1) is 12.3 Å². The van der Waals surface area contributed by atoms with E-state index in [1.54, 1.807) is 13.3 Å². The number of hydrogen-bond acceptors (Lipinski definition) is 4. The fraction of sp³-hybridized carbons (Fsp3) is 0.667. The lowest BCUT2D eigenvalue weighted by molar-refractivity contribution is -0.0207. The predicted molar refractivity (Wildman–Crippen MR) is 52.2 cm³/mol. The molecule has 0 aromatic carbocycles. The molecule has 0 saturated carbocycles. The second kappa shape index (κ2) is 3.98. The third-order valence-electron chi connectivity index (χ3n) is 2.65. The fourth-order valence-electron chi connectivity index (χ4n) is 1.78. The van der Waals surface area contributed by atoms with Gasteiger partial charge in [-0.05, 0) is 6.42 Å². The number of nitrogens with zero attached hydrogens (tertiary/aromatic N) is 2. The van der Waals surface area contributed by atoms with Crippen LogP contribution in [0.25, 0.3) is 0 Å². The Bertz CT molecular complexity index is 276.